The van der Waals surface area contributed by atoms with Crippen molar-refractivity contribution in [3.8, 4) is 11.5 Å². The van der Waals surface area contributed by atoms with Crippen LogP contribution >= 0.6 is 11.8 Å². The van der Waals surface area contributed by atoms with E-state index in [0.717, 1.165) is 27.9 Å². The molecule has 1 aliphatic heterocycles. The average Bonchev–Trinajstić information content (AvgIpc) is 3.19. The third-order valence-electron chi connectivity index (χ3n) is 4.93. The first-order chi connectivity index (χ1) is 15.4. The SMILES string of the molecule is COc1cccc(OCc2nnc3n2N=C(c2ccc(NC(=O)C(C)C)cc2)C(C)S3)c1. The van der Waals surface area contributed by atoms with Crippen LogP contribution in [0.2, 0.25) is 0 Å². The maximum atomic E-state index is 11.9. The Hall–Kier alpha value is -3.33. The molecule has 2 aromatic carbocycles. The van der Waals surface area contributed by atoms with Crippen LogP contribution in [0.25, 0.3) is 0 Å². The molecule has 3 aromatic rings. The molecule has 0 saturated carbocycles. The fourth-order valence-corrected chi connectivity index (χ4v) is 4.05. The largest absolute Gasteiger partial charge is 0.497 e. The minimum atomic E-state index is -0.0707. The lowest BCUT2D eigenvalue weighted by atomic mass is 10.1. The van der Waals surface area contributed by atoms with E-state index in [1.165, 1.54) is 0 Å². The quantitative estimate of drug-likeness (QED) is 0.579. The molecule has 1 N–H and O–H groups in total. The first-order valence-corrected chi connectivity index (χ1v) is 11.2. The zero-order chi connectivity index (χ0) is 22.7. The first kappa shape index (κ1) is 21.9. The van der Waals surface area contributed by atoms with Gasteiger partial charge in [0.25, 0.3) is 0 Å². The van der Waals surface area contributed by atoms with Crippen LogP contribution < -0.4 is 14.8 Å². The Labute approximate surface area is 191 Å². The second-order valence-electron chi connectivity index (χ2n) is 7.64. The van der Waals surface area contributed by atoms with Gasteiger partial charge in [-0.1, -0.05) is 43.8 Å². The zero-order valence-electron chi connectivity index (χ0n) is 18.4. The Kier molecular flexibility index (Phi) is 6.45. The molecular weight excluding hydrogens is 426 g/mol. The third-order valence-corrected chi connectivity index (χ3v) is 5.98. The highest BCUT2D eigenvalue weighted by molar-refractivity contribution is 8.00. The van der Waals surface area contributed by atoms with Crippen molar-refractivity contribution in [2.75, 3.05) is 12.4 Å². The number of benzene rings is 2. The Balaban J connectivity index is 1.53. The summed E-state index contributed by atoms with van der Waals surface area (Å²) in [6.45, 7) is 6.05. The molecule has 1 amide bonds. The molecule has 1 aliphatic rings. The summed E-state index contributed by atoms with van der Waals surface area (Å²) in [5, 5.41) is 17.1. The van der Waals surface area contributed by atoms with E-state index in [0.29, 0.717) is 11.6 Å². The van der Waals surface area contributed by atoms with Gasteiger partial charge in [0.2, 0.25) is 11.1 Å². The molecule has 0 fully saturated rings. The fraction of sp³-hybridized carbons (Fsp3) is 0.304. The molecule has 0 aliphatic carbocycles. The molecule has 0 radical (unpaired) electrons. The van der Waals surface area contributed by atoms with Crippen LogP contribution in [0.5, 0.6) is 11.5 Å². The van der Waals surface area contributed by atoms with Gasteiger partial charge in [-0.25, -0.2) is 0 Å². The molecule has 1 aromatic heterocycles. The highest BCUT2D eigenvalue weighted by Gasteiger charge is 2.26. The monoisotopic (exact) mass is 451 g/mol. The minimum absolute atomic E-state index is 0.00788. The maximum absolute atomic E-state index is 11.9. The summed E-state index contributed by atoms with van der Waals surface area (Å²) in [6, 6.07) is 15.1. The van der Waals surface area contributed by atoms with Gasteiger partial charge in [-0.05, 0) is 36.8 Å². The van der Waals surface area contributed by atoms with E-state index in [1.54, 1.807) is 23.5 Å². The van der Waals surface area contributed by atoms with Gasteiger partial charge in [-0.15, -0.1) is 10.2 Å². The smallest absolute Gasteiger partial charge is 0.226 e. The molecule has 0 saturated heterocycles. The maximum Gasteiger partial charge on any atom is 0.226 e. The summed E-state index contributed by atoms with van der Waals surface area (Å²) in [5.41, 5.74) is 2.65. The lowest BCUT2D eigenvalue weighted by Crippen LogP contribution is -2.22. The number of anilines is 1. The van der Waals surface area contributed by atoms with E-state index in [1.807, 2.05) is 62.4 Å². The predicted molar refractivity (Wildman–Crippen MR) is 125 cm³/mol. The highest BCUT2D eigenvalue weighted by Crippen LogP contribution is 2.31. The van der Waals surface area contributed by atoms with Crippen LogP contribution in [0.4, 0.5) is 5.69 Å². The summed E-state index contributed by atoms with van der Waals surface area (Å²) in [5.74, 6) is 1.94. The predicted octanol–water partition coefficient (Wildman–Crippen LogP) is 4.21. The van der Waals surface area contributed by atoms with E-state index in [4.69, 9.17) is 14.6 Å². The number of carbonyl (C=O) groups is 1. The lowest BCUT2D eigenvalue weighted by Gasteiger charge is -2.20. The third kappa shape index (κ3) is 4.77. The van der Waals surface area contributed by atoms with Crippen LogP contribution in [0, 0.1) is 5.92 Å². The van der Waals surface area contributed by atoms with Crippen molar-refractivity contribution >= 4 is 29.1 Å². The Morgan fingerprint density at radius 3 is 2.62 bits per heavy atom. The van der Waals surface area contributed by atoms with Crippen LogP contribution in [0.1, 0.15) is 32.2 Å². The highest BCUT2D eigenvalue weighted by atomic mass is 32.2. The van der Waals surface area contributed by atoms with E-state index in [9.17, 15) is 4.79 Å². The van der Waals surface area contributed by atoms with E-state index in [2.05, 4.69) is 22.4 Å². The number of thioether (sulfide) groups is 1. The molecular formula is C23H25N5O3S. The van der Waals surface area contributed by atoms with Crippen molar-refractivity contribution in [3.05, 3.63) is 59.9 Å². The zero-order valence-corrected chi connectivity index (χ0v) is 19.2. The molecule has 0 spiro atoms. The number of nitrogens with zero attached hydrogens (tertiary/aromatic N) is 4. The number of methoxy groups -OCH3 is 1. The molecule has 1 unspecified atom stereocenters. The van der Waals surface area contributed by atoms with Gasteiger partial charge >= 0.3 is 0 Å². The second-order valence-corrected chi connectivity index (χ2v) is 8.95. The lowest BCUT2D eigenvalue weighted by molar-refractivity contribution is -0.118. The number of carbonyl (C=O) groups excluding carboxylic acids is 1. The van der Waals surface area contributed by atoms with Crippen molar-refractivity contribution in [2.45, 2.75) is 37.8 Å². The fourth-order valence-electron chi connectivity index (χ4n) is 3.10. The normalized spacial score (nSPS) is 15.2. The summed E-state index contributed by atoms with van der Waals surface area (Å²) < 4.78 is 12.8. The molecule has 0 bridgehead atoms. The van der Waals surface area contributed by atoms with Gasteiger partial charge in [0.05, 0.1) is 18.1 Å². The number of aromatic nitrogens is 3. The first-order valence-electron chi connectivity index (χ1n) is 10.3. The Morgan fingerprint density at radius 1 is 1.16 bits per heavy atom. The van der Waals surface area contributed by atoms with Crippen LogP contribution in [-0.4, -0.2) is 38.9 Å². The molecule has 32 heavy (non-hydrogen) atoms. The van der Waals surface area contributed by atoms with E-state index >= 15 is 0 Å². The van der Waals surface area contributed by atoms with Crippen molar-refractivity contribution < 1.29 is 14.3 Å². The number of amides is 1. The van der Waals surface area contributed by atoms with Crippen molar-refractivity contribution in [3.63, 3.8) is 0 Å². The number of nitrogens with one attached hydrogen (secondary N) is 1. The van der Waals surface area contributed by atoms with E-state index in [-0.39, 0.29) is 23.7 Å². The summed E-state index contributed by atoms with van der Waals surface area (Å²) in [7, 11) is 1.62. The summed E-state index contributed by atoms with van der Waals surface area (Å²) in [4.78, 5) is 11.9. The number of rotatable bonds is 7. The number of hydrogen-bond donors (Lipinski definition) is 1. The molecule has 1 atom stereocenters. The number of fused-ring (bicyclic) bond motifs is 1. The van der Waals surface area contributed by atoms with Gasteiger partial charge in [-0.3, -0.25) is 4.79 Å². The van der Waals surface area contributed by atoms with Gasteiger partial charge in [-0.2, -0.15) is 9.78 Å². The van der Waals surface area contributed by atoms with Gasteiger partial charge < -0.3 is 14.8 Å². The molecule has 9 heteroatoms. The van der Waals surface area contributed by atoms with Crippen LogP contribution in [0.3, 0.4) is 0 Å². The van der Waals surface area contributed by atoms with Gasteiger partial charge in [0.1, 0.15) is 18.1 Å². The van der Waals surface area contributed by atoms with Crippen molar-refractivity contribution in [2.24, 2.45) is 11.0 Å². The van der Waals surface area contributed by atoms with E-state index < -0.39 is 0 Å². The van der Waals surface area contributed by atoms with Crippen LogP contribution in [0.15, 0.2) is 58.8 Å². The van der Waals surface area contributed by atoms with Crippen LogP contribution in [-0.2, 0) is 11.4 Å². The topological polar surface area (TPSA) is 90.6 Å². The summed E-state index contributed by atoms with van der Waals surface area (Å²) >= 11 is 1.60. The second kappa shape index (κ2) is 9.44. The molecule has 4 rings (SSSR count). The van der Waals surface area contributed by atoms with Gasteiger partial charge in [0.15, 0.2) is 5.82 Å². The van der Waals surface area contributed by atoms with Crippen molar-refractivity contribution in [1.82, 2.24) is 14.9 Å². The Morgan fingerprint density at radius 2 is 1.91 bits per heavy atom. The standard InChI is InChI=1S/C23H25N5O3S/c1-14(2)22(29)24-17-10-8-16(9-11-17)21-15(3)32-23-26-25-20(28(23)27-21)13-31-19-7-5-6-18(12-19)30-4/h5-12,14-15H,13H2,1-4H3,(H,24,29). The van der Waals surface area contributed by atoms with Gasteiger partial charge in [0, 0.05) is 17.7 Å². The van der Waals surface area contributed by atoms with Crippen molar-refractivity contribution in [1.29, 1.82) is 0 Å². The number of hydrogen-bond acceptors (Lipinski definition) is 7. The molecule has 2 heterocycles. The summed E-state index contributed by atoms with van der Waals surface area (Å²) in [6.07, 6.45) is 0. The molecule has 166 valence electrons. The Bertz CT molecular complexity index is 1140. The number of ether oxygens (including phenoxy) is 2. The average molecular weight is 452 g/mol. The minimum Gasteiger partial charge on any atom is -0.497 e. The molecule has 8 nitrogen and oxygen atoms in total.